The van der Waals surface area contributed by atoms with E-state index in [1.807, 2.05) is 6.07 Å². The standard InChI is InChI=1S/C12H12N2O3/c1-8(12(16)17-2)14-11(15)10-6-4-3-5-9(10)7-13/h3-6,8H,1-2H3,(H,14,15)/t8-/m0/s1. The Morgan fingerprint density at radius 3 is 2.65 bits per heavy atom. The van der Waals surface area contributed by atoms with E-state index in [0.717, 1.165) is 0 Å². The molecule has 5 nitrogen and oxygen atoms in total. The molecule has 0 unspecified atom stereocenters. The number of ether oxygens (including phenoxy) is 1. The highest BCUT2D eigenvalue weighted by Gasteiger charge is 2.18. The quantitative estimate of drug-likeness (QED) is 0.783. The van der Waals surface area contributed by atoms with E-state index in [9.17, 15) is 9.59 Å². The van der Waals surface area contributed by atoms with Gasteiger partial charge in [-0.2, -0.15) is 5.26 Å². The number of hydrogen-bond donors (Lipinski definition) is 1. The molecule has 1 atom stereocenters. The third-order valence-corrected chi connectivity index (χ3v) is 2.19. The molecule has 0 aliphatic heterocycles. The summed E-state index contributed by atoms with van der Waals surface area (Å²) in [5.41, 5.74) is 0.507. The molecule has 5 heteroatoms. The fourth-order valence-electron chi connectivity index (χ4n) is 1.29. The smallest absolute Gasteiger partial charge is 0.328 e. The molecule has 1 amide bonds. The Hall–Kier alpha value is -2.35. The molecule has 0 aromatic heterocycles. The summed E-state index contributed by atoms with van der Waals surface area (Å²) in [4.78, 5) is 22.9. The lowest BCUT2D eigenvalue weighted by molar-refractivity contribution is -0.142. The molecule has 0 aliphatic carbocycles. The van der Waals surface area contributed by atoms with Crippen molar-refractivity contribution in [2.75, 3.05) is 7.11 Å². The largest absolute Gasteiger partial charge is 0.467 e. The molecule has 0 saturated carbocycles. The lowest BCUT2D eigenvalue weighted by atomic mass is 10.1. The van der Waals surface area contributed by atoms with Crippen molar-refractivity contribution >= 4 is 11.9 Å². The highest BCUT2D eigenvalue weighted by Crippen LogP contribution is 2.07. The van der Waals surface area contributed by atoms with Crippen molar-refractivity contribution in [3.63, 3.8) is 0 Å². The lowest BCUT2D eigenvalue weighted by Gasteiger charge is -2.11. The van der Waals surface area contributed by atoms with E-state index in [4.69, 9.17) is 5.26 Å². The zero-order valence-electron chi connectivity index (χ0n) is 9.56. The van der Waals surface area contributed by atoms with Gasteiger partial charge in [-0.3, -0.25) is 4.79 Å². The van der Waals surface area contributed by atoms with E-state index in [-0.39, 0.29) is 11.1 Å². The van der Waals surface area contributed by atoms with Gasteiger partial charge in [-0.05, 0) is 19.1 Å². The summed E-state index contributed by atoms with van der Waals surface area (Å²) in [6, 6.07) is 7.55. The topological polar surface area (TPSA) is 79.2 Å². The SMILES string of the molecule is COC(=O)[C@H](C)NC(=O)c1ccccc1C#N. The second-order valence-corrected chi connectivity index (χ2v) is 3.38. The number of carbonyl (C=O) groups excluding carboxylic acids is 2. The molecule has 1 aromatic rings. The Bertz CT molecular complexity index is 477. The number of rotatable bonds is 3. The van der Waals surface area contributed by atoms with Crippen LogP contribution in [0.25, 0.3) is 0 Å². The Morgan fingerprint density at radius 2 is 2.06 bits per heavy atom. The third-order valence-electron chi connectivity index (χ3n) is 2.19. The first-order valence-electron chi connectivity index (χ1n) is 4.98. The van der Waals surface area contributed by atoms with Gasteiger partial charge in [0.2, 0.25) is 0 Å². The average Bonchev–Trinajstić information content (AvgIpc) is 2.37. The summed E-state index contributed by atoms with van der Waals surface area (Å²) < 4.78 is 4.49. The maximum atomic E-state index is 11.8. The number of nitrogens with zero attached hydrogens (tertiary/aromatic N) is 1. The van der Waals surface area contributed by atoms with Crippen LogP contribution in [0.15, 0.2) is 24.3 Å². The predicted molar refractivity (Wildman–Crippen MR) is 60.1 cm³/mol. The van der Waals surface area contributed by atoms with Gasteiger partial charge < -0.3 is 10.1 Å². The van der Waals surface area contributed by atoms with Gasteiger partial charge in [0.05, 0.1) is 24.3 Å². The first-order chi connectivity index (χ1) is 8.10. The van der Waals surface area contributed by atoms with Crippen LogP contribution < -0.4 is 5.32 Å². The predicted octanol–water partition coefficient (Wildman–Crippen LogP) is 0.850. The molecular weight excluding hydrogens is 220 g/mol. The van der Waals surface area contributed by atoms with Gasteiger partial charge in [0, 0.05) is 0 Å². The molecule has 1 N–H and O–H groups in total. The number of esters is 1. The number of benzene rings is 1. The van der Waals surface area contributed by atoms with E-state index in [2.05, 4.69) is 10.1 Å². The summed E-state index contributed by atoms with van der Waals surface area (Å²) in [6.45, 7) is 1.51. The monoisotopic (exact) mass is 232 g/mol. The van der Waals surface area contributed by atoms with Crippen LogP contribution in [0.5, 0.6) is 0 Å². The molecule has 0 aliphatic rings. The number of amides is 1. The fourth-order valence-corrected chi connectivity index (χ4v) is 1.29. The van der Waals surface area contributed by atoms with Crippen LogP contribution in [-0.2, 0) is 9.53 Å². The average molecular weight is 232 g/mol. The highest BCUT2D eigenvalue weighted by atomic mass is 16.5. The van der Waals surface area contributed by atoms with Crippen LogP contribution in [0.4, 0.5) is 0 Å². The van der Waals surface area contributed by atoms with E-state index in [1.165, 1.54) is 26.2 Å². The molecule has 0 saturated heterocycles. The van der Waals surface area contributed by atoms with E-state index in [0.29, 0.717) is 0 Å². The zero-order valence-corrected chi connectivity index (χ0v) is 9.56. The maximum Gasteiger partial charge on any atom is 0.328 e. The maximum absolute atomic E-state index is 11.8. The van der Waals surface area contributed by atoms with Gasteiger partial charge in [0.1, 0.15) is 6.04 Å². The van der Waals surface area contributed by atoms with Crippen molar-refractivity contribution in [1.29, 1.82) is 5.26 Å². The van der Waals surface area contributed by atoms with Crippen LogP contribution in [-0.4, -0.2) is 25.0 Å². The minimum atomic E-state index is -0.751. The van der Waals surface area contributed by atoms with Gasteiger partial charge in [0.15, 0.2) is 0 Å². The number of methoxy groups -OCH3 is 1. The Labute approximate surface area is 99.0 Å². The Kier molecular flexibility index (Phi) is 4.23. The third kappa shape index (κ3) is 3.05. The molecule has 1 rings (SSSR count). The molecular formula is C12H12N2O3. The lowest BCUT2D eigenvalue weighted by Crippen LogP contribution is -2.39. The summed E-state index contributed by atoms with van der Waals surface area (Å²) in [5, 5.41) is 11.3. The van der Waals surface area contributed by atoms with Crippen molar-refractivity contribution in [2.45, 2.75) is 13.0 Å². The van der Waals surface area contributed by atoms with Crippen LogP contribution in [0.2, 0.25) is 0 Å². The Balaban J connectivity index is 2.84. The van der Waals surface area contributed by atoms with Gasteiger partial charge in [-0.25, -0.2) is 4.79 Å². The first-order valence-corrected chi connectivity index (χ1v) is 4.98. The minimum absolute atomic E-state index is 0.241. The minimum Gasteiger partial charge on any atom is -0.467 e. The number of carbonyl (C=O) groups is 2. The molecule has 0 spiro atoms. The van der Waals surface area contributed by atoms with Gasteiger partial charge in [-0.15, -0.1) is 0 Å². The molecule has 0 heterocycles. The summed E-state index contributed by atoms with van der Waals surface area (Å²) in [6.07, 6.45) is 0. The second-order valence-electron chi connectivity index (χ2n) is 3.38. The summed E-state index contributed by atoms with van der Waals surface area (Å²) in [7, 11) is 1.24. The second kappa shape index (κ2) is 5.66. The van der Waals surface area contributed by atoms with Gasteiger partial charge in [-0.1, -0.05) is 12.1 Å². The summed E-state index contributed by atoms with van der Waals surface area (Å²) >= 11 is 0. The van der Waals surface area contributed by atoms with Crippen LogP contribution in [0.3, 0.4) is 0 Å². The normalized spacial score (nSPS) is 11.1. The van der Waals surface area contributed by atoms with Crippen LogP contribution >= 0.6 is 0 Å². The van der Waals surface area contributed by atoms with E-state index >= 15 is 0 Å². The molecule has 0 radical (unpaired) electrons. The number of nitriles is 1. The van der Waals surface area contributed by atoms with Gasteiger partial charge in [0.25, 0.3) is 5.91 Å². The highest BCUT2D eigenvalue weighted by molar-refractivity contribution is 5.98. The van der Waals surface area contributed by atoms with Crippen molar-refractivity contribution in [3.8, 4) is 6.07 Å². The van der Waals surface area contributed by atoms with Gasteiger partial charge >= 0.3 is 5.97 Å². The van der Waals surface area contributed by atoms with Crippen LogP contribution in [0.1, 0.15) is 22.8 Å². The number of hydrogen-bond acceptors (Lipinski definition) is 4. The van der Waals surface area contributed by atoms with Crippen LogP contribution in [0, 0.1) is 11.3 Å². The molecule has 17 heavy (non-hydrogen) atoms. The van der Waals surface area contributed by atoms with Crippen molar-refractivity contribution in [1.82, 2.24) is 5.32 Å². The number of nitrogens with one attached hydrogen (secondary N) is 1. The van der Waals surface area contributed by atoms with Crippen molar-refractivity contribution in [3.05, 3.63) is 35.4 Å². The fraction of sp³-hybridized carbons (Fsp3) is 0.250. The molecule has 0 fully saturated rings. The first kappa shape index (κ1) is 12.7. The van der Waals surface area contributed by atoms with E-state index < -0.39 is 17.9 Å². The van der Waals surface area contributed by atoms with E-state index in [1.54, 1.807) is 12.1 Å². The molecule has 88 valence electrons. The van der Waals surface area contributed by atoms with Crippen molar-refractivity contribution < 1.29 is 14.3 Å². The van der Waals surface area contributed by atoms with Crippen molar-refractivity contribution in [2.24, 2.45) is 0 Å². The molecule has 0 bridgehead atoms. The Morgan fingerprint density at radius 1 is 1.41 bits per heavy atom. The molecule has 1 aromatic carbocycles. The zero-order chi connectivity index (χ0) is 12.8. The summed E-state index contributed by atoms with van der Waals surface area (Å²) in [5.74, 6) is -1.01.